The van der Waals surface area contributed by atoms with E-state index in [1.54, 1.807) is 18.8 Å². The molecule has 0 radical (unpaired) electrons. The van der Waals surface area contributed by atoms with Gasteiger partial charge in [-0.1, -0.05) is 0 Å². The maximum Gasteiger partial charge on any atom is 0.261 e. The Bertz CT molecular complexity index is 1300. The molecule has 0 spiro atoms. The molecule has 0 saturated carbocycles. The number of nitrogens with zero attached hydrogens (tertiary/aromatic N) is 3. The topological polar surface area (TPSA) is 109 Å². The van der Waals surface area contributed by atoms with E-state index >= 15 is 0 Å². The summed E-state index contributed by atoms with van der Waals surface area (Å²) < 4.78 is 17.2. The summed E-state index contributed by atoms with van der Waals surface area (Å²) in [6.07, 6.45) is 1.34. The number of benzene rings is 2. The molecule has 1 unspecified atom stereocenters. The average Bonchev–Trinajstić information content (AvgIpc) is 2.84. The maximum absolute atomic E-state index is 13.6. The number of primary amides is 1. The van der Waals surface area contributed by atoms with E-state index in [0.29, 0.717) is 55.1 Å². The second-order valence-corrected chi connectivity index (χ2v) is 9.49. The van der Waals surface area contributed by atoms with Gasteiger partial charge in [-0.3, -0.25) is 14.2 Å². The van der Waals surface area contributed by atoms with Gasteiger partial charge in [-0.05, 0) is 67.3 Å². The Morgan fingerprint density at radius 2 is 1.76 bits per heavy atom. The molecule has 1 amide bonds. The van der Waals surface area contributed by atoms with E-state index in [0.717, 1.165) is 41.9 Å². The van der Waals surface area contributed by atoms with Gasteiger partial charge < -0.3 is 24.8 Å². The van der Waals surface area contributed by atoms with Crippen LogP contribution in [0.1, 0.15) is 45.4 Å². The van der Waals surface area contributed by atoms with E-state index in [9.17, 15) is 9.59 Å². The van der Waals surface area contributed by atoms with Crippen molar-refractivity contribution in [2.24, 2.45) is 5.73 Å². The first kappa shape index (κ1) is 26.8. The minimum absolute atomic E-state index is 0.0481. The summed E-state index contributed by atoms with van der Waals surface area (Å²) in [4.78, 5) is 32.4. The number of ether oxygens (including phenoxy) is 3. The lowest BCUT2D eigenvalue weighted by Crippen LogP contribution is -2.36. The van der Waals surface area contributed by atoms with Gasteiger partial charge >= 0.3 is 0 Å². The van der Waals surface area contributed by atoms with Crippen molar-refractivity contribution >= 4 is 22.5 Å². The summed E-state index contributed by atoms with van der Waals surface area (Å²) in [7, 11) is 3.25. The molecular formula is C28H36N4O5. The lowest BCUT2D eigenvalue weighted by molar-refractivity contribution is -0.0604. The fourth-order valence-electron chi connectivity index (χ4n) is 4.90. The Kier molecular flexibility index (Phi) is 8.58. The zero-order valence-electron chi connectivity index (χ0n) is 22.1. The zero-order chi connectivity index (χ0) is 26.5. The van der Waals surface area contributed by atoms with Gasteiger partial charge in [0.2, 0.25) is 5.91 Å². The van der Waals surface area contributed by atoms with Crippen LogP contribution >= 0.6 is 0 Å². The number of nitrogens with two attached hydrogens (primary N) is 1. The van der Waals surface area contributed by atoms with Gasteiger partial charge in [0, 0.05) is 51.5 Å². The molecule has 5 rings (SSSR count). The van der Waals surface area contributed by atoms with Crippen LogP contribution in [0.15, 0.2) is 35.1 Å². The number of aryl methyl sites for hydroxylation is 2. The van der Waals surface area contributed by atoms with Crippen molar-refractivity contribution in [3.63, 3.8) is 0 Å². The number of morpholine rings is 1. The number of amides is 1. The normalized spacial score (nSPS) is 17.2. The first-order chi connectivity index (χ1) is 17.8. The molecule has 0 aliphatic carbocycles. The van der Waals surface area contributed by atoms with Crippen LogP contribution in [0, 0.1) is 13.8 Å². The van der Waals surface area contributed by atoms with E-state index in [1.807, 2.05) is 44.2 Å². The van der Waals surface area contributed by atoms with Gasteiger partial charge in [0.15, 0.2) is 0 Å². The molecular weight excluding hydrogens is 472 g/mol. The van der Waals surface area contributed by atoms with Crippen LogP contribution in [0.2, 0.25) is 0 Å². The van der Waals surface area contributed by atoms with Gasteiger partial charge in [-0.25, -0.2) is 4.98 Å². The molecule has 9 heteroatoms. The summed E-state index contributed by atoms with van der Waals surface area (Å²) >= 11 is 0. The number of rotatable bonds is 6. The van der Waals surface area contributed by atoms with Crippen molar-refractivity contribution in [3.8, 4) is 0 Å². The predicted molar refractivity (Wildman–Crippen MR) is 143 cm³/mol. The van der Waals surface area contributed by atoms with Crippen LogP contribution < -0.4 is 16.2 Å². The van der Waals surface area contributed by atoms with E-state index in [2.05, 4.69) is 9.64 Å². The number of hydrogen-bond donors (Lipinski definition) is 1. The van der Waals surface area contributed by atoms with Crippen molar-refractivity contribution in [2.45, 2.75) is 39.3 Å². The Labute approximate surface area is 217 Å². The molecule has 2 N–H and O–H groups in total. The van der Waals surface area contributed by atoms with Crippen molar-refractivity contribution in [1.29, 1.82) is 0 Å². The number of anilines is 1. The molecule has 2 aliphatic heterocycles. The molecule has 37 heavy (non-hydrogen) atoms. The molecule has 1 aromatic heterocycles. The zero-order valence-corrected chi connectivity index (χ0v) is 22.1. The molecule has 3 aromatic rings. The highest BCUT2D eigenvalue weighted by molar-refractivity contribution is 5.93. The predicted octanol–water partition coefficient (Wildman–Crippen LogP) is 2.92. The van der Waals surface area contributed by atoms with E-state index in [-0.39, 0.29) is 11.7 Å². The quantitative estimate of drug-likeness (QED) is 0.545. The lowest BCUT2D eigenvalue weighted by atomic mass is 9.96. The van der Waals surface area contributed by atoms with Crippen LogP contribution in [0.25, 0.3) is 10.9 Å². The largest absolute Gasteiger partial charge is 0.388 e. The summed E-state index contributed by atoms with van der Waals surface area (Å²) in [5, 5.41) is 0.609. The van der Waals surface area contributed by atoms with E-state index < -0.39 is 5.91 Å². The van der Waals surface area contributed by atoms with E-state index in [1.165, 1.54) is 0 Å². The van der Waals surface area contributed by atoms with Gasteiger partial charge in [0.1, 0.15) is 11.9 Å². The molecule has 3 heterocycles. The highest BCUT2D eigenvalue weighted by atomic mass is 16.5. The third-order valence-electron chi connectivity index (χ3n) is 6.90. The number of methoxy groups -OCH3 is 1. The first-order valence-corrected chi connectivity index (χ1v) is 12.6. The third-order valence-corrected chi connectivity index (χ3v) is 6.90. The number of aromatic nitrogens is 2. The Hall–Kier alpha value is -3.27. The molecule has 0 bridgehead atoms. The summed E-state index contributed by atoms with van der Waals surface area (Å²) in [6, 6.07) is 9.52. The van der Waals surface area contributed by atoms with Crippen LogP contribution in [-0.4, -0.2) is 62.6 Å². The van der Waals surface area contributed by atoms with Crippen LogP contribution in [-0.2, 0) is 27.2 Å². The third kappa shape index (κ3) is 5.84. The maximum atomic E-state index is 13.6. The number of fused-ring (bicyclic) bond motifs is 1. The molecule has 2 aliphatic rings. The van der Waals surface area contributed by atoms with Crippen molar-refractivity contribution < 1.29 is 19.0 Å². The van der Waals surface area contributed by atoms with Crippen molar-refractivity contribution in [2.75, 3.05) is 52.0 Å². The lowest BCUT2D eigenvalue weighted by Gasteiger charge is -2.30. The first-order valence-electron chi connectivity index (χ1n) is 12.6. The summed E-state index contributed by atoms with van der Waals surface area (Å²) in [5.41, 5.74) is 10.8. The monoisotopic (exact) mass is 508 g/mol. The number of carbonyl (C=O) groups excluding carboxylic acids is 1. The van der Waals surface area contributed by atoms with Crippen molar-refractivity contribution in [3.05, 3.63) is 68.8 Å². The number of carbonyl (C=O) groups is 1. The molecule has 2 aromatic carbocycles. The summed E-state index contributed by atoms with van der Waals surface area (Å²) in [6.45, 7) is 8.17. The Balaban J connectivity index is 0.00000102. The van der Waals surface area contributed by atoms with Crippen LogP contribution in [0.4, 0.5) is 5.69 Å². The molecule has 1 atom stereocenters. The smallest absolute Gasteiger partial charge is 0.261 e. The Morgan fingerprint density at radius 1 is 1.11 bits per heavy atom. The highest BCUT2D eigenvalue weighted by Gasteiger charge is 2.27. The molecule has 2 fully saturated rings. The second-order valence-electron chi connectivity index (χ2n) is 9.49. The van der Waals surface area contributed by atoms with Gasteiger partial charge in [0.25, 0.3) is 5.56 Å². The fourth-order valence-corrected chi connectivity index (χ4v) is 4.90. The van der Waals surface area contributed by atoms with Gasteiger partial charge in [-0.15, -0.1) is 0 Å². The van der Waals surface area contributed by atoms with Crippen molar-refractivity contribution in [1.82, 2.24) is 9.55 Å². The van der Waals surface area contributed by atoms with Gasteiger partial charge in [-0.2, -0.15) is 0 Å². The van der Waals surface area contributed by atoms with Crippen LogP contribution in [0.3, 0.4) is 0 Å². The molecule has 2 saturated heterocycles. The summed E-state index contributed by atoms with van der Waals surface area (Å²) in [5.74, 6) is 0.250. The number of hydrogen-bond acceptors (Lipinski definition) is 7. The standard InChI is InChI=1S/C26H30N4O4.C2H6O/c1-16-13-18(24(27)31)14-17(2)20(16)5-7-30-25(23-6-10-34-23)28-22-15-19(3-4-21(22)26(30)32)29-8-11-33-12-9-29;1-3-2/h3-4,13-15,23H,5-12H2,1-2H3,(H2,27,31);1-2H3. The second kappa shape index (κ2) is 11.9. The SMILES string of the molecule is COC.Cc1cc(C(N)=O)cc(C)c1CCn1c(C2CCO2)nc2cc(N3CCOCC3)ccc2c1=O. The fraction of sp³-hybridized carbons (Fsp3) is 0.464. The van der Waals surface area contributed by atoms with E-state index in [4.69, 9.17) is 20.2 Å². The highest BCUT2D eigenvalue weighted by Crippen LogP contribution is 2.29. The Morgan fingerprint density at radius 3 is 2.32 bits per heavy atom. The van der Waals surface area contributed by atoms with Gasteiger partial charge in [0.05, 0.1) is 30.7 Å². The van der Waals surface area contributed by atoms with Crippen LogP contribution in [0.5, 0.6) is 0 Å². The molecule has 198 valence electrons. The molecule has 9 nitrogen and oxygen atoms in total. The minimum Gasteiger partial charge on any atom is -0.388 e. The minimum atomic E-state index is -0.437. The average molecular weight is 509 g/mol.